The number of aromatic amines is 1. The van der Waals surface area contributed by atoms with Gasteiger partial charge >= 0.3 is 6.09 Å². The van der Waals surface area contributed by atoms with Gasteiger partial charge in [-0.05, 0) is 63.3 Å². The molecule has 0 radical (unpaired) electrons. The topological polar surface area (TPSA) is 132 Å². The Morgan fingerprint density at radius 2 is 1.79 bits per heavy atom. The van der Waals surface area contributed by atoms with E-state index in [9.17, 15) is 19.5 Å². The molecule has 47 heavy (non-hydrogen) atoms. The number of anilines is 1. The van der Waals surface area contributed by atoms with Crippen LogP contribution in [0.3, 0.4) is 0 Å². The number of carbonyl (C=O) groups is 3. The van der Waals surface area contributed by atoms with Gasteiger partial charge in [0.1, 0.15) is 11.5 Å². The number of aromatic nitrogens is 2. The third kappa shape index (κ3) is 7.31. The van der Waals surface area contributed by atoms with Crippen LogP contribution in [0.15, 0.2) is 54.9 Å². The van der Waals surface area contributed by atoms with Gasteiger partial charge in [-0.3, -0.25) is 14.7 Å². The van der Waals surface area contributed by atoms with Gasteiger partial charge in [-0.15, -0.1) is 0 Å². The highest BCUT2D eigenvalue weighted by molar-refractivity contribution is 5.85. The van der Waals surface area contributed by atoms with Crippen LogP contribution in [0.1, 0.15) is 45.1 Å². The molecule has 2 aliphatic heterocycles. The zero-order valence-electron chi connectivity index (χ0n) is 27.4. The predicted molar refractivity (Wildman–Crippen MR) is 176 cm³/mol. The Hall–Kier alpha value is -4.74. The standard InChI is InChI=1S/C35H44N6O6/c1-35(2,33(43)38-14-16-39(17-15-38)34(44)45)47-29-8-4-7-28(19-29)40-13-5-6-25(23-40)32(42)41(27-10-11-27)22-24-9-12-30(31(18-24)46-3)26-20-36-37-21-26/h4,7-9,12,18-21,25,27H,5-6,10-11,13-17,22-23H2,1-3H3,(H,36,37)(H,44,45)/t25-/m1/s1. The van der Waals surface area contributed by atoms with E-state index in [1.807, 2.05) is 42.6 Å². The lowest BCUT2D eigenvalue weighted by Crippen LogP contribution is -2.56. The number of piperazine rings is 1. The number of ether oxygens (including phenoxy) is 2. The van der Waals surface area contributed by atoms with Gasteiger partial charge in [0.25, 0.3) is 5.91 Å². The lowest BCUT2D eigenvalue weighted by Gasteiger charge is -2.38. The molecule has 2 N–H and O–H groups in total. The molecule has 1 aliphatic carbocycles. The molecule has 12 nitrogen and oxygen atoms in total. The maximum absolute atomic E-state index is 14.1. The molecule has 3 heterocycles. The zero-order chi connectivity index (χ0) is 33.1. The van der Waals surface area contributed by atoms with Gasteiger partial charge in [0.15, 0.2) is 5.60 Å². The van der Waals surface area contributed by atoms with Crippen molar-refractivity contribution < 1.29 is 29.0 Å². The van der Waals surface area contributed by atoms with Crippen LogP contribution in [0.2, 0.25) is 0 Å². The van der Waals surface area contributed by atoms with E-state index in [2.05, 4.69) is 26.1 Å². The first-order valence-corrected chi connectivity index (χ1v) is 16.4. The van der Waals surface area contributed by atoms with Crippen LogP contribution < -0.4 is 14.4 Å². The quantitative estimate of drug-likeness (QED) is 0.331. The van der Waals surface area contributed by atoms with E-state index in [0.717, 1.165) is 60.4 Å². The second-order valence-corrected chi connectivity index (χ2v) is 13.2. The number of benzene rings is 2. The molecule has 0 unspecified atom stereocenters. The van der Waals surface area contributed by atoms with Crippen LogP contribution in [0.25, 0.3) is 11.1 Å². The monoisotopic (exact) mass is 644 g/mol. The first-order chi connectivity index (χ1) is 22.6. The van der Waals surface area contributed by atoms with Crippen molar-refractivity contribution in [3.05, 3.63) is 60.4 Å². The average molecular weight is 645 g/mol. The molecule has 0 bridgehead atoms. The van der Waals surface area contributed by atoms with Crippen molar-refractivity contribution in [2.75, 3.05) is 51.3 Å². The van der Waals surface area contributed by atoms with Crippen molar-refractivity contribution in [2.45, 2.75) is 57.7 Å². The number of methoxy groups -OCH3 is 1. The zero-order valence-corrected chi connectivity index (χ0v) is 27.4. The summed E-state index contributed by atoms with van der Waals surface area (Å²) in [6.07, 6.45) is 6.42. The summed E-state index contributed by atoms with van der Waals surface area (Å²) in [5.41, 5.74) is 2.76. The van der Waals surface area contributed by atoms with E-state index in [4.69, 9.17) is 9.47 Å². The second-order valence-electron chi connectivity index (χ2n) is 13.2. The Morgan fingerprint density at radius 3 is 2.47 bits per heavy atom. The van der Waals surface area contributed by atoms with Crippen LogP contribution in [0, 0.1) is 5.92 Å². The smallest absolute Gasteiger partial charge is 0.407 e. The summed E-state index contributed by atoms with van der Waals surface area (Å²) in [7, 11) is 1.66. The second kappa shape index (κ2) is 13.5. The number of piperidine rings is 1. The van der Waals surface area contributed by atoms with Gasteiger partial charge in [-0.25, -0.2) is 4.79 Å². The molecule has 3 aliphatic rings. The number of carboxylic acid groups (broad SMARTS) is 1. The van der Waals surface area contributed by atoms with Crippen molar-refractivity contribution in [2.24, 2.45) is 5.92 Å². The number of hydrogen-bond acceptors (Lipinski definition) is 7. The molecular formula is C35H44N6O6. The number of rotatable bonds is 10. The van der Waals surface area contributed by atoms with E-state index in [1.54, 1.807) is 32.1 Å². The lowest BCUT2D eigenvalue weighted by molar-refractivity contribution is -0.147. The maximum atomic E-state index is 14.1. The largest absolute Gasteiger partial charge is 0.496 e. The minimum absolute atomic E-state index is 0.122. The molecule has 0 spiro atoms. The van der Waals surface area contributed by atoms with Gasteiger partial charge in [-0.1, -0.05) is 18.2 Å². The summed E-state index contributed by atoms with van der Waals surface area (Å²) < 4.78 is 12.0. The number of nitrogens with zero attached hydrogens (tertiary/aromatic N) is 5. The van der Waals surface area contributed by atoms with Crippen LogP contribution >= 0.6 is 0 Å². The number of amides is 3. The number of carbonyl (C=O) groups excluding carboxylic acids is 2. The van der Waals surface area contributed by atoms with Crippen molar-refractivity contribution in [1.29, 1.82) is 0 Å². The molecule has 3 aromatic rings. The molecule has 250 valence electrons. The Kier molecular flexibility index (Phi) is 9.28. The molecule has 1 saturated carbocycles. The highest BCUT2D eigenvalue weighted by Gasteiger charge is 2.39. The molecule has 1 aromatic heterocycles. The molecular weight excluding hydrogens is 600 g/mol. The van der Waals surface area contributed by atoms with Gasteiger partial charge in [0.05, 0.1) is 19.2 Å². The van der Waals surface area contributed by atoms with Gasteiger partial charge in [0, 0.05) is 80.9 Å². The maximum Gasteiger partial charge on any atom is 0.407 e. The SMILES string of the molecule is COc1cc(CN(C(=O)[C@@H]2CCCN(c3cccc(OC(C)(C)C(=O)N4CCN(C(=O)O)CC4)c3)C2)C2CC2)ccc1-c1cn[nH]c1. The van der Waals surface area contributed by atoms with Crippen LogP contribution in [0.4, 0.5) is 10.5 Å². The van der Waals surface area contributed by atoms with E-state index in [0.29, 0.717) is 31.9 Å². The summed E-state index contributed by atoms with van der Waals surface area (Å²) in [6.45, 7) is 6.72. The van der Waals surface area contributed by atoms with Crippen molar-refractivity contribution in [1.82, 2.24) is 24.9 Å². The first-order valence-electron chi connectivity index (χ1n) is 16.4. The van der Waals surface area contributed by atoms with E-state index < -0.39 is 11.7 Å². The van der Waals surface area contributed by atoms with Gasteiger partial charge in [0.2, 0.25) is 5.91 Å². The fourth-order valence-electron chi connectivity index (χ4n) is 6.65. The Bertz CT molecular complexity index is 1580. The van der Waals surface area contributed by atoms with Crippen LogP contribution in [0.5, 0.6) is 11.5 Å². The number of nitrogens with one attached hydrogen (secondary N) is 1. The number of H-pyrrole nitrogens is 1. The third-order valence-corrected chi connectivity index (χ3v) is 9.38. The minimum Gasteiger partial charge on any atom is -0.496 e. The fourth-order valence-corrected chi connectivity index (χ4v) is 6.65. The molecule has 2 saturated heterocycles. The molecule has 3 fully saturated rings. The lowest BCUT2D eigenvalue weighted by atomic mass is 9.95. The predicted octanol–water partition coefficient (Wildman–Crippen LogP) is 4.47. The Morgan fingerprint density at radius 1 is 1.02 bits per heavy atom. The third-order valence-electron chi connectivity index (χ3n) is 9.38. The Labute approximate surface area is 275 Å². The number of hydrogen-bond donors (Lipinski definition) is 2. The molecule has 6 rings (SSSR count). The summed E-state index contributed by atoms with van der Waals surface area (Å²) in [4.78, 5) is 45.9. The van der Waals surface area contributed by atoms with E-state index in [1.165, 1.54) is 4.90 Å². The average Bonchev–Trinajstić information content (AvgIpc) is 3.78. The highest BCUT2D eigenvalue weighted by Crippen LogP contribution is 2.35. The van der Waals surface area contributed by atoms with E-state index in [-0.39, 0.29) is 36.9 Å². The summed E-state index contributed by atoms with van der Waals surface area (Å²) in [6, 6.07) is 14.1. The molecule has 3 amide bonds. The van der Waals surface area contributed by atoms with Crippen molar-refractivity contribution in [3.63, 3.8) is 0 Å². The summed E-state index contributed by atoms with van der Waals surface area (Å²) >= 11 is 0. The Balaban J connectivity index is 1.10. The van der Waals surface area contributed by atoms with Gasteiger partial charge < -0.3 is 34.2 Å². The minimum atomic E-state index is -1.13. The fraction of sp³-hybridized carbons (Fsp3) is 0.486. The van der Waals surface area contributed by atoms with Gasteiger partial charge in [-0.2, -0.15) is 5.10 Å². The molecule has 1 atom stereocenters. The molecule has 2 aromatic carbocycles. The normalized spacial score (nSPS) is 18.5. The summed E-state index contributed by atoms with van der Waals surface area (Å²) in [5.74, 6) is 1.22. The van der Waals surface area contributed by atoms with Crippen molar-refractivity contribution in [3.8, 4) is 22.6 Å². The highest BCUT2D eigenvalue weighted by atomic mass is 16.5. The molecule has 12 heteroatoms. The van der Waals surface area contributed by atoms with E-state index >= 15 is 0 Å². The first kappa shape index (κ1) is 32.2. The van der Waals surface area contributed by atoms with Crippen LogP contribution in [-0.2, 0) is 16.1 Å². The van der Waals surface area contributed by atoms with Crippen molar-refractivity contribution >= 4 is 23.6 Å². The summed E-state index contributed by atoms with van der Waals surface area (Å²) in [5, 5.41) is 16.1. The van der Waals surface area contributed by atoms with Crippen LogP contribution in [-0.4, -0.2) is 106 Å².